The number of amides is 1. The predicted octanol–water partition coefficient (Wildman–Crippen LogP) is 6.13. The quantitative estimate of drug-likeness (QED) is 0.206. The fraction of sp³-hybridized carbons (Fsp3) is 0.321. The molecule has 7 nitrogen and oxygen atoms in total. The fourth-order valence-electron chi connectivity index (χ4n) is 4.41. The van der Waals surface area contributed by atoms with Gasteiger partial charge in [0, 0.05) is 29.9 Å². The van der Waals surface area contributed by atoms with Crippen LogP contribution in [0.1, 0.15) is 37.7 Å². The van der Waals surface area contributed by atoms with E-state index in [9.17, 15) is 31.9 Å². The number of carbonyl (C=O) groups is 1. The lowest BCUT2D eigenvalue weighted by Gasteiger charge is -2.44. The van der Waals surface area contributed by atoms with Crippen LogP contribution in [0.2, 0.25) is 0 Å². The predicted molar refractivity (Wildman–Crippen MR) is 145 cm³/mol. The summed E-state index contributed by atoms with van der Waals surface area (Å²) in [5.74, 6) is -3.45. The Balaban J connectivity index is 2.07. The van der Waals surface area contributed by atoms with Gasteiger partial charge in [-0.05, 0) is 36.6 Å². The highest BCUT2D eigenvalue weighted by Crippen LogP contribution is 2.33. The second-order valence-corrected chi connectivity index (χ2v) is 9.89. The summed E-state index contributed by atoms with van der Waals surface area (Å²) in [4.78, 5) is 20.9. The van der Waals surface area contributed by atoms with E-state index in [2.05, 4.69) is 21.9 Å². The maximum absolute atomic E-state index is 14.5. The van der Waals surface area contributed by atoms with Crippen molar-refractivity contribution < 1.29 is 31.9 Å². The lowest BCUT2D eigenvalue weighted by atomic mass is 9.94. The second kappa shape index (κ2) is 12.8. The molecule has 1 aromatic carbocycles. The Labute approximate surface area is 239 Å². The molecule has 0 aliphatic carbocycles. The van der Waals surface area contributed by atoms with E-state index in [0.29, 0.717) is 0 Å². The fourth-order valence-corrected chi connectivity index (χ4v) is 4.50. The van der Waals surface area contributed by atoms with Crippen LogP contribution in [-0.4, -0.2) is 50.0 Å². The lowest BCUT2D eigenvalue weighted by molar-refractivity contribution is -0.153. The van der Waals surface area contributed by atoms with Crippen LogP contribution in [0.25, 0.3) is 5.57 Å². The van der Waals surface area contributed by atoms with E-state index >= 15 is 0 Å². The summed E-state index contributed by atoms with van der Waals surface area (Å²) in [6, 6.07) is 3.64. The van der Waals surface area contributed by atoms with Gasteiger partial charge in [-0.1, -0.05) is 38.6 Å². The Morgan fingerprint density at radius 3 is 2.56 bits per heavy atom. The van der Waals surface area contributed by atoms with Gasteiger partial charge < -0.3 is 10.4 Å². The van der Waals surface area contributed by atoms with E-state index in [1.165, 1.54) is 43.3 Å². The topological polar surface area (TPSA) is 81.6 Å². The first kappa shape index (κ1) is 31.8. The van der Waals surface area contributed by atoms with Gasteiger partial charge in [-0.25, -0.2) is 23.8 Å². The standard InChI is InChI=1S/C28H29ClF5N5O2/c1-15(2)25-26(40)23(27(41)39(38(25)5)13-18-8-6-9-19(30)24(18)31)17(4)37-20(10-7-11-29)16(3)21-12-22(28(32,33)34)36-14-35-21/h6-10,12,14-15,25,37,40H,4,11,13H2,1-3,5H3/b10-7-,20-16-. The SMILES string of the molecule is C=C(NC(/C=C\CCl)=C(/C)c1cc(C(F)(F)F)ncn1)C1=C(O)C(C(C)C)N(C)N(Cc2cccc(F)c2F)C1=O. The molecule has 1 aromatic heterocycles. The minimum atomic E-state index is -4.70. The van der Waals surface area contributed by atoms with Gasteiger partial charge in [-0.3, -0.25) is 9.80 Å². The van der Waals surface area contributed by atoms with Crippen molar-refractivity contribution in [1.82, 2.24) is 25.3 Å². The van der Waals surface area contributed by atoms with Crippen LogP contribution in [-0.2, 0) is 17.5 Å². The van der Waals surface area contributed by atoms with Crippen LogP contribution in [0.4, 0.5) is 22.0 Å². The Bertz CT molecular complexity index is 1420. The van der Waals surface area contributed by atoms with Crippen molar-refractivity contribution in [2.45, 2.75) is 39.5 Å². The summed E-state index contributed by atoms with van der Waals surface area (Å²) in [5, 5.41) is 16.7. The van der Waals surface area contributed by atoms with E-state index in [0.717, 1.165) is 23.5 Å². The number of alkyl halides is 4. The van der Waals surface area contributed by atoms with Gasteiger partial charge >= 0.3 is 6.18 Å². The van der Waals surface area contributed by atoms with Gasteiger partial charge in [0.1, 0.15) is 23.4 Å². The zero-order chi connectivity index (χ0) is 30.6. The second-order valence-electron chi connectivity index (χ2n) is 9.58. The Morgan fingerprint density at radius 2 is 1.95 bits per heavy atom. The third-order valence-corrected chi connectivity index (χ3v) is 6.64. The van der Waals surface area contributed by atoms with Crippen molar-refractivity contribution in [3.8, 4) is 0 Å². The third kappa shape index (κ3) is 6.94. The average Bonchev–Trinajstić information content (AvgIpc) is 2.90. The van der Waals surface area contributed by atoms with Crippen LogP contribution >= 0.6 is 11.6 Å². The number of aliphatic hydroxyl groups excluding tert-OH is 1. The minimum absolute atomic E-state index is 0.0574. The molecule has 1 aliphatic rings. The molecular weight excluding hydrogens is 569 g/mol. The van der Waals surface area contributed by atoms with Crippen molar-refractivity contribution >= 4 is 23.1 Å². The summed E-state index contributed by atoms with van der Waals surface area (Å²) < 4.78 is 68.2. The van der Waals surface area contributed by atoms with E-state index in [1.54, 1.807) is 13.8 Å². The first-order valence-corrected chi connectivity index (χ1v) is 12.9. The summed E-state index contributed by atoms with van der Waals surface area (Å²) in [5.41, 5.74) is -1.18. The van der Waals surface area contributed by atoms with Gasteiger partial charge in [-0.2, -0.15) is 13.2 Å². The maximum atomic E-state index is 14.5. The Kier molecular flexibility index (Phi) is 9.93. The number of nitrogens with one attached hydrogen (secondary N) is 1. The van der Waals surface area contributed by atoms with Crippen LogP contribution < -0.4 is 5.32 Å². The molecule has 0 saturated heterocycles. The highest BCUT2D eigenvalue weighted by Gasteiger charge is 2.41. The molecule has 2 aromatic rings. The lowest BCUT2D eigenvalue weighted by Crippen LogP contribution is -2.56. The smallest absolute Gasteiger partial charge is 0.433 e. The number of hydrazine groups is 1. The highest BCUT2D eigenvalue weighted by molar-refractivity contribution is 6.18. The molecule has 41 heavy (non-hydrogen) atoms. The van der Waals surface area contributed by atoms with E-state index in [-0.39, 0.29) is 57.9 Å². The first-order valence-electron chi connectivity index (χ1n) is 12.4. The van der Waals surface area contributed by atoms with Crippen molar-refractivity contribution in [1.29, 1.82) is 0 Å². The van der Waals surface area contributed by atoms with Gasteiger partial charge in [0.15, 0.2) is 11.6 Å². The average molecular weight is 598 g/mol. The van der Waals surface area contributed by atoms with Crippen molar-refractivity contribution in [3.05, 3.63) is 101 Å². The van der Waals surface area contributed by atoms with Crippen molar-refractivity contribution in [2.75, 3.05) is 12.9 Å². The summed E-state index contributed by atoms with van der Waals surface area (Å²) >= 11 is 5.80. The number of benzene rings is 1. The molecule has 0 spiro atoms. The van der Waals surface area contributed by atoms with Gasteiger partial charge in [-0.15, -0.1) is 11.6 Å². The molecule has 2 heterocycles. The number of halogens is 6. The molecule has 1 atom stereocenters. The molecule has 0 fully saturated rings. The molecule has 220 valence electrons. The Morgan fingerprint density at radius 1 is 1.27 bits per heavy atom. The molecule has 1 unspecified atom stereocenters. The highest BCUT2D eigenvalue weighted by atomic mass is 35.5. The molecule has 1 amide bonds. The molecule has 0 radical (unpaired) electrons. The Hall–Kier alpha value is -3.77. The van der Waals surface area contributed by atoms with Crippen LogP contribution in [0.5, 0.6) is 0 Å². The monoisotopic (exact) mass is 597 g/mol. The number of allylic oxidation sites excluding steroid dienone is 3. The molecule has 0 bridgehead atoms. The molecule has 1 aliphatic heterocycles. The molecule has 0 saturated carbocycles. The van der Waals surface area contributed by atoms with Gasteiger partial charge in [0.25, 0.3) is 5.91 Å². The number of nitrogens with zero attached hydrogens (tertiary/aromatic N) is 4. The van der Waals surface area contributed by atoms with Gasteiger partial charge in [0.2, 0.25) is 0 Å². The van der Waals surface area contributed by atoms with Crippen LogP contribution in [0, 0.1) is 17.6 Å². The molecule has 3 rings (SSSR count). The minimum Gasteiger partial charge on any atom is -0.510 e. The van der Waals surface area contributed by atoms with Crippen molar-refractivity contribution in [2.24, 2.45) is 5.92 Å². The van der Waals surface area contributed by atoms with E-state index in [4.69, 9.17) is 11.6 Å². The molecule has 13 heteroatoms. The number of aliphatic hydroxyl groups is 1. The number of hydrogen-bond donors (Lipinski definition) is 2. The number of likely N-dealkylation sites (N-methyl/N-ethyl adjacent to an activating group) is 1. The summed E-state index contributed by atoms with van der Waals surface area (Å²) in [7, 11) is 1.54. The van der Waals surface area contributed by atoms with Crippen molar-refractivity contribution in [3.63, 3.8) is 0 Å². The normalized spacial score (nSPS) is 17.5. The van der Waals surface area contributed by atoms with Crippen LogP contribution in [0.3, 0.4) is 0 Å². The molecule has 2 N–H and O–H groups in total. The zero-order valence-corrected chi connectivity index (χ0v) is 23.5. The number of aromatic nitrogens is 2. The molecular formula is C28H29ClF5N5O2. The summed E-state index contributed by atoms with van der Waals surface area (Å²) in [6.07, 6.45) is -0.938. The number of carbonyl (C=O) groups excluding carboxylic acids is 1. The largest absolute Gasteiger partial charge is 0.510 e. The van der Waals surface area contributed by atoms with E-state index < -0.39 is 35.5 Å². The number of hydrogen-bond acceptors (Lipinski definition) is 6. The van der Waals surface area contributed by atoms with Crippen LogP contribution in [0.15, 0.2) is 72.1 Å². The summed E-state index contributed by atoms with van der Waals surface area (Å²) in [6.45, 7) is 8.66. The van der Waals surface area contributed by atoms with E-state index in [1.807, 2.05) is 0 Å². The maximum Gasteiger partial charge on any atom is 0.433 e. The number of rotatable bonds is 9. The van der Waals surface area contributed by atoms with Gasteiger partial charge in [0.05, 0.1) is 18.3 Å². The first-order chi connectivity index (χ1) is 19.2. The zero-order valence-electron chi connectivity index (χ0n) is 22.7. The third-order valence-electron chi connectivity index (χ3n) is 6.46.